The maximum absolute atomic E-state index is 13.1. The number of methoxy groups -OCH3 is 2. The van der Waals surface area contributed by atoms with Gasteiger partial charge in [-0.1, -0.05) is 29.3 Å². The van der Waals surface area contributed by atoms with Gasteiger partial charge in [-0.15, -0.1) is 0 Å². The summed E-state index contributed by atoms with van der Waals surface area (Å²) in [6, 6.07) is 9.15. The quantitative estimate of drug-likeness (QED) is 0.402. The van der Waals surface area contributed by atoms with Gasteiger partial charge in [0, 0.05) is 10.9 Å². The van der Waals surface area contributed by atoms with Crippen LogP contribution in [-0.2, 0) is 6.42 Å². The van der Waals surface area contributed by atoms with Gasteiger partial charge in [-0.2, -0.15) is 9.78 Å². The lowest BCUT2D eigenvalue weighted by atomic mass is 10.2. The third-order valence-corrected chi connectivity index (χ3v) is 5.49. The predicted octanol–water partition coefficient (Wildman–Crippen LogP) is 5.16. The first kappa shape index (κ1) is 21.5. The highest BCUT2D eigenvalue weighted by molar-refractivity contribution is 9.10. The summed E-state index contributed by atoms with van der Waals surface area (Å²) in [4.78, 5) is 17.8. The molecular formula is C21H21Br2N3O3. The SMILES string of the molecule is CCCCc1nc2ccc(Br)cc2c(=O)n1N=Cc1cc(Br)c(OC)c(OC)c1. The van der Waals surface area contributed by atoms with E-state index in [9.17, 15) is 4.79 Å². The van der Waals surface area contributed by atoms with E-state index in [1.807, 2.05) is 18.2 Å². The summed E-state index contributed by atoms with van der Waals surface area (Å²) in [6.07, 6.45) is 4.21. The summed E-state index contributed by atoms with van der Waals surface area (Å²) >= 11 is 6.90. The van der Waals surface area contributed by atoms with Gasteiger partial charge in [0.1, 0.15) is 5.82 Å². The molecule has 0 aliphatic heterocycles. The van der Waals surface area contributed by atoms with Crippen molar-refractivity contribution < 1.29 is 9.47 Å². The van der Waals surface area contributed by atoms with Crippen LogP contribution in [0.5, 0.6) is 11.5 Å². The van der Waals surface area contributed by atoms with Gasteiger partial charge in [0.15, 0.2) is 11.5 Å². The monoisotopic (exact) mass is 521 g/mol. The Labute approximate surface area is 185 Å². The van der Waals surface area contributed by atoms with E-state index in [1.165, 1.54) is 4.68 Å². The van der Waals surface area contributed by atoms with E-state index in [-0.39, 0.29) is 5.56 Å². The molecular weight excluding hydrogens is 502 g/mol. The molecule has 0 spiro atoms. The van der Waals surface area contributed by atoms with Crippen molar-refractivity contribution in [2.45, 2.75) is 26.2 Å². The Bertz CT molecular complexity index is 1130. The van der Waals surface area contributed by atoms with Crippen LogP contribution in [0.1, 0.15) is 31.2 Å². The number of fused-ring (bicyclic) bond motifs is 1. The molecule has 3 aromatic rings. The van der Waals surface area contributed by atoms with Crippen molar-refractivity contribution in [2.75, 3.05) is 14.2 Å². The molecule has 0 saturated heterocycles. The lowest BCUT2D eigenvalue weighted by Crippen LogP contribution is -2.22. The Morgan fingerprint density at radius 3 is 2.66 bits per heavy atom. The van der Waals surface area contributed by atoms with Crippen LogP contribution in [-0.4, -0.2) is 30.1 Å². The molecule has 0 N–H and O–H groups in total. The number of aryl methyl sites for hydroxylation is 1. The summed E-state index contributed by atoms with van der Waals surface area (Å²) in [7, 11) is 3.15. The van der Waals surface area contributed by atoms with E-state index < -0.39 is 0 Å². The Balaban J connectivity index is 2.12. The highest BCUT2D eigenvalue weighted by Gasteiger charge is 2.12. The second-order valence-electron chi connectivity index (χ2n) is 6.39. The van der Waals surface area contributed by atoms with Crippen LogP contribution in [0.2, 0.25) is 0 Å². The van der Waals surface area contributed by atoms with Gasteiger partial charge in [-0.3, -0.25) is 4.79 Å². The number of hydrogen-bond donors (Lipinski definition) is 0. The minimum Gasteiger partial charge on any atom is -0.493 e. The van der Waals surface area contributed by atoms with E-state index >= 15 is 0 Å². The van der Waals surface area contributed by atoms with E-state index in [0.717, 1.165) is 27.4 Å². The van der Waals surface area contributed by atoms with Crippen molar-refractivity contribution in [3.63, 3.8) is 0 Å². The molecule has 6 nitrogen and oxygen atoms in total. The lowest BCUT2D eigenvalue weighted by Gasteiger charge is -2.11. The zero-order chi connectivity index (χ0) is 21.0. The van der Waals surface area contributed by atoms with Gasteiger partial charge in [0.25, 0.3) is 5.56 Å². The van der Waals surface area contributed by atoms with Gasteiger partial charge in [-0.25, -0.2) is 4.98 Å². The summed E-state index contributed by atoms with van der Waals surface area (Å²) in [5.74, 6) is 1.81. The molecule has 0 aliphatic carbocycles. The van der Waals surface area contributed by atoms with E-state index in [1.54, 1.807) is 32.6 Å². The van der Waals surface area contributed by atoms with Crippen LogP contribution < -0.4 is 15.0 Å². The van der Waals surface area contributed by atoms with Crippen LogP contribution >= 0.6 is 31.9 Å². The molecule has 0 atom stereocenters. The first-order chi connectivity index (χ1) is 14.0. The van der Waals surface area contributed by atoms with Crippen LogP contribution in [0, 0.1) is 0 Å². The van der Waals surface area contributed by atoms with Gasteiger partial charge in [0.05, 0.1) is 35.8 Å². The van der Waals surface area contributed by atoms with Crippen molar-refractivity contribution >= 4 is 49.0 Å². The van der Waals surface area contributed by atoms with Gasteiger partial charge >= 0.3 is 0 Å². The van der Waals surface area contributed by atoms with E-state index in [4.69, 9.17) is 9.47 Å². The van der Waals surface area contributed by atoms with Crippen molar-refractivity contribution in [1.29, 1.82) is 0 Å². The average Bonchev–Trinajstić information content (AvgIpc) is 2.71. The summed E-state index contributed by atoms with van der Waals surface area (Å²) in [5, 5.41) is 4.98. The Morgan fingerprint density at radius 2 is 1.97 bits per heavy atom. The maximum Gasteiger partial charge on any atom is 0.282 e. The zero-order valence-corrected chi connectivity index (χ0v) is 19.6. The highest BCUT2D eigenvalue weighted by atomic mass is 79.9. The normalized spacial score (nSPS) is 11.3. The molecule has 1 aromatic heterocycles. The molecule has 152 valence electrons. The highest BCUT2D eigenvalue weighted by Crippen LogP contribution is 2.35. The molecule has 29 heavy (non-hydrogen) atoms. The van der Waals surface area contributed by atoms with Crippen molar-refractivity contribution in [2.24, 2.45) is 5.10 Å². The largest absolute Gasteiger partial charge is 0.493 e. The maximum atomic E-state index is 13.1. The zero-order valence-electron chi connectivity index (χ0n) is 16.4. The molecule has 0 bridgehead atoms. The van der Waals surface area contributed by atoms with Gasteiger partial charge in [-0.05, 0) is 58.2 Å². The molecule has 2 aromatic carbocycles. The molecule has 0 radical (unpaired) electrons. The Kier molecular flexibility index (Phi) is 7.08. The van der Waals surface area contributed by atoms with Crippen LogP contribution in [0.15, 0.2) is 49.2 Å². The molecule has 1 heterocycles. The Morgan fingerprint density at radius 1 is 1.17 bits per heavy atom. The minimum atomic E-state index is -0.196. The number of rotatable bonds is 7. The molecule has 3 rings (SSSR count). The fourth-order valence-electron chi connectivity index (χ4n) is 2.95. The fraction of sp³-hybridized carbons (Fsp3) is 0.286. The summed E-state index contributed by atoms with van der Waals surface area (Å²) in [5.41, 5.74) is 1.24. The van der Waals surface area contributed by atoms with Gasteiger partial charge < -0.3 is 9.47 Å². The smallest absolute Gasteiger partial charge is 0.282 e. The summed E-state index contributed by atoms with van der Waals surface area (Å²) < 4.78 is 13.7. The second-order valence-corrected chi connectivity index (χ2v) is 8.16. The van der Waals surface area contributed by atoms with E-state index in [2.05, 4.69) is 48.9 Å². The predicted molar refractivity (Wildman–Crippen MR) is 123 cm³/mol. The van der Waals surface area contributed by atoms with Crippen molar-refractivity contribution in [3.05, 3.63) is 61.0 Å². The average molecular weight is 523 g/mol. The molecule has 0 fully saturated rings. The van der Waals surface area contributed by atoms with Crippen LogP contribution in [0.25, 0.3) is 10.9 Å². The Hall–Kier alpha value is -2.19. The number of ether oxygens (including phenoxy) is 2. The van der Waals surface area contributed by atoms with Crippen molar-refractivity contribution in [3.8, 4) is 11.5 Å². The van der Waals surface area contributed by atoms with Crippen molar-refractivity contribution in [1.82, 2.24) is 9.66 Å². The number of unbranched alkanes of at least 4 members (excludes halogenated alkanes) is 1. The number of benzene rings is 2. The second kappa shape index (κ2) is 9.54. The standard InChI is InChI=1S/C21H21Br2N3O3/c1-4-5-6-19-25-17-8-7-14(22)11-15(17)21(27)26(19)24-12-13-9-16(23)20(29-3)18(10-13)28-2/h7-12H,4-6H2,1-3H3. The number of aromatic nitrogens is 2. The number of nitrogens with zero attached hydrogens (tertiary/aromatic N) is 3. The molecule has 0 saturated carbocycles. The minimum absolute atomic E-state index is 0.196. The number of halogens is 2. The lowest BCUT2D eigenvalue weighted by molar-refractivity contribution is 0.353. The summed E-state index contributed by atoms with van der Waals surface area (Å²) in [6.45, 7) is 2.10. The van der Waals surface area contributed by atoms with Gasteiger partial charge in [0.2, 0.25) is 0 Å². The first-order valence-electron chi connectivity index (χ1n) is 9.15. The fourth-order valence-corrected chi connectivity index (χ4v) is 3.93. The topological polar surface area (TPSA) is 65.7 Å². The molecule has 8 heteroatoms. The molecule has 0 aliphatic rings. The molecule has 0 unspecified atom stereocenters. The van der Waals surface area contributed by atoms with Crippen LogP contribution in [0.4, 0.5) is 0 Å². The van der Waals surface area contributed by atoms with E-state index in [0.29, 0.717) is 34.6 Å². The first-order valence-corrected chi connectivity index (χ1v) is 10.7. The van der Waals surface area contributed by atoms with Crippen LogP contribution in [0.3, 0.4) is 0 Å². The number of hydrogen-bond acceptors (Lipinski definition) is 5. The molecule has 0 amide bonds. The third kappa shape index (κ3) is 4.70. The third-order valence-electron chi connectivity index (χ3n) is 4.41.